The van der Waals surface area contributed by atoms with E-state index >= 15 is 0 Å². The quantitative estimate of drug-likeness (QED) is 0.0418. The molecule has 2 atom stereocenters. The highest BCUT2D eigenvalue weighted by Gasteiger charge is 2.42. The number of aliphatic hydroxyl groups is 2. The van der Waals surface area contributed by atoms with Crippen molar-refractivity contribution in [1.29, 1.82) is 0 Å². The molecule has 2 aromatic carbocycles. The number of hydrogen-bond donors (Lipinski definition) is 3. The standard InChI is InChI=1S/C15H18F3N3O6.C10H23NO2.C7H2ClF3N2O4.C2H6O2.C2H4/c1-3-4-19(9(2)14-26-5-6-27-14)13-11(20(22)23)7-10(15(16,17)18)8-12(13)21(24)25;1-5-8-11-9(4)10(12-6-2)13-7-3;8-6-4(12(14)15)1-3(7(9,10)11)2-5(6)13(16)17;3-1-2-4;1-2/h7-9,14H,3-6H2,1-2H3;9-11H,5-8H2,1-4H3;1-2H;3-4H,1-2H2;1-2H2. The summed E-state index contributed by atoms with van der Waals surface area (Å²) >= 11 is 5.27. The summed E-state index contributed by atoms with van der Waals surface area (Å²) in [6.45, 7) is 20.4. The van der Waals surface area contributed by atoms with Crippen LogP contribution in [0, 0.1) is 40.5 Å². The molecular formula is C36H53ClF6N6O14. The lowest BCUT2D eigenvalue weighted by molar-refractivity contribution is -0.394. The number of nitro benzene ring substituents is 4. The summed E-state index contributed by atoms with van der Waals surface area (Å²) in [6, 6.07) is 0.494. The van der Waals surface area contributed by atoms with E-state index in [-0.39, 0.29) is 57.4 Å². The molecule has 1 fully saturated rings. The van der Waals surface area contributed by atoms with Gasteiger partial charge in [-0.3, -0.25) is 40.5 Å². The lowest BCUT2D eigenvalue weighted by Crippen LogP contribution is -2.43. The highest BCUT2D eigenvalue weighted by molar-refractivity contribution is 6.34. The van der Waals surface area contributed by atoms with Gasteiger partial charge in [-0.05, 0) is 47.1 Å². The molecule has 3 rings (SSSR count). The Bertz CT molecular complexity index is 1650. The molecule has 0 aliphatic carbocycles. The molecule has 0 spiro atoms. The average molecular weight is 943 g/mol. The Kier molecular flexibility index (Phi) is 29.0. The fourth-order valence-electron chi connectivity index (χ4n) is 5.06. The van der Waals surface area contributed by atoms with Gasteiger partial charge in [0.15, 0.2) is 23.3 Å². The van der Waals surface area contributed by atoms with E-state index in [0.29, 0.717) is 31.8 Å². The smallest absolute Gasteiger partial charge is 0.394 e. The van der Waals surface area contributed by atoms with Crippen molar-refractivity contribution in [2.45, 2.75) is 91.4 Å². The van der Waals surface area contributed by atoms with Gasteiger partial charge in [0.1, 0.15) is 0 Å². The Balaban J connectivity index is 0. The molecule has 63 heavy (non-hydrogen) atoms. The van der Waals surface area contributed by atoms with Crippen LogP contribution in [0.4, 0.5) is 54.8 Å². The SMILES string of the molecule is C=C.CCCN(c1c([N+](=O)[O-])cc(C(F)(F)F)cc1[N+](=O)[O-])C(C)C1OCCO1.CCCNC(C)C(OCC)OCC.O=[N+]([O-])c1cc(C(F)(F)F)cc([N+](=O)[O-])c1Cl.OCCO. The lowest BCUT2D eigenvalue weighted by Gasteiger charge is -2.33. The highest BCUT2D eigenvalue weighted by atomic mass is 35.5. The van der Waals surface area contributed by atoms with Gasteiger partial charge in [-0.25, -0.2) is 0 Å². The number of nitrogens with zero attached hydrogens (tertiary/aromatic N) is 5. The minimum atomic E-state index is -4.97. The largest absolute Gasteiger partial charge is 0.416 e. The number of nitrogens with one attached hydrogen (secondary N) is 1. The van der Waals surface area contributed by atoms with Crippen LogP contribution in [-0.2, 0) is 31.3 Å². The van der Waals surface area contributed by atoms with Crippen LogP contribution >= 0.6 is 11.6 Å². The molecule has 2 unspecified atom stereocenters. The van der Waals surface area contributed by atoms with Crippen LogP contribution in [-0.4, -0.2) is 107 Å². The van der Waals surface area contributed by atoms with Gasteiger partial charge < -0.3 is 39.4 Å². The number of rotatable bonds is 18. The molecule has 0 aromatic heterocycles. The average Bonchev–Trinajstić information content (AvgIpc) is 3.77. The molecule has 360 valence electrons. The topological polar surface area (TPSA) is 265 Å². The van der Waals surface area contributed by atoms with Crippen molar-refractivity contribution in [3.63, 3.8) is 0 Å². The van der Waals surface area contributed by atoms with Crippen LogP contribution in [0.15, 0.2) is 37.4 Å². The third-order valence-corrected chi connectivity index (χ3v) is 8.10. The van der Waals surface area contributed by atoms with Gasteiger partial charge in [-0.15, -0.1) is 13.2 Å². The first kappa shape index (κ1) is 60.3. The zero-order valence-electron chi connectivity index (χ0n) is 35.3. The van der Waals surface area contributed by atoms with E-state index < -0.39 is 89.0 Å². The van der Waals surface area contributed by atoms with Crippen LogP contribution in [0.1, 0.15) is 65.5 Å². The van der Waals surface area contributed by atoms with Crippen molar-refractivity contribution in [3.05, 3.63) is 94.0 Å². The van der Waals surface area contributed by atoms with Crippen LogP contribution in [0.2, 0.25) is 5.02 Å². The van der Waals surface area contributed by atoms with Gasteiger partial charge in [0, 0.05) is 44.0 Å². The molecule has 0 radical (unpaired) electrons. The molecule has 1 aliphatic rings. The fourth-order valence-corrected chi connectivity index (χ4v) is 5.31. The lowest BCUT2D eigenvalue weighted by atomic mass is 10.1. The number of nitro groups is 4. The Hall–Kier alpha value is -4.83. The van der Waals surface area contributed by atoms with E-state index in [1.165, 1.54) is 4.90 Å². The second-order valence-electron chi connectivity index (χ2n) is 12.2. The summed E-state index contributed by atoms with van der Waals surface area (Å²) in [4.78, 5) is 40.5. The first-order chi connectivity index (χ1) is 29.4. The van der Waals surface area contributed by atoms with Gasteiger partial charge >= 0.3 is 12.4 Å². The van der Waals surface area contributed by atoms with Crippen molar-refractivity contribution in [2.24, 2.45) is 0 Å². The molecule has 2 aromatic rings. The fraction of sp³-hybridized carbons (Fsp3) is 0.611. The van der Waals surface area contributed by atoms with E-state index in [1.807, 2.05) is 13.8 Å². The van der Waals surface area contributed by atoms with Crippen molar-refractivity contribution < 1.29 is 75.2 Å². The van der Waals surface area contributed by atoms with Gasteiger partial charge in [-0.1, -0.05) is 25.4 Å². The second kappa shape index (κ2) is 30.3. The van der Waals surface area contributed by atoms with Gasteiger partial charge in [0.05, 0.1) is 69.3 Å². The number of benzene rings is 2. The zero-order chi connectivity index (χ0) is 49.2. The molecule has 0 amide bonds. The molecule has 20 nitrogen and oxygen atoms in total. The van der Waals surface area contributed by atoms with Gasteiger partial charge in [-0.2, -0.15) is 26.3 Å². The molecule has 1 aliphatic heterocycles. The highest BCUT2D eigenvalue weighted by Crippen LogP contribution is 2.44. The summed E-state index contributed by atoms with van der Waals surface area (Å²) in [5.74, 6) is 0. The van der Waals surface area contributed by atoms with Crippen molar-refractivity contribution in [1.82, 2.24) is 5.32 Å². The zero-order valence-corrected chi connectivity index (χ0v) is 36.0. The van der Waals surface area contributed by atoms with Crippen LogP contribution in [0.3, 0.4) is 0 Å². The predicted molar refractivity (Wildman–Crippen MR) is 218 cm³/mol. The molecular weight excluding hydrogens is 890 g/mol. The Morgan fingerprint density at radius 3 is 1.41 bits per heavy atom. The van der Waals surface area contributed by atoms with Crippen molar-refractivity contribution in [2.75, 3.05) is 57.6 Å². The summed E-state index contributed by atoms with van der Waals surface area (Å²) < 4.78 is 97.8. The first-order valence-corrected chi connectivity index (χ1v) is 19.2. The minimum Gasteiger partial charge on any atom is -0.394 e. The van der Waals surface area contributed by atoms with E-state index in [9.17, 15) is 66.8 Å². The maximum Gasteiger partial charge on any atom is 0.416 e. The van der Waals surface area contributed by atoms with Gasteiger partial charge in [0.25, 0.3) is 22.7 Å². The van der Waals surface area contributed by atoms with E-state index in [0.717, 1.165) is 13.0 Å². The number of hydrogen-bond acceptors (Lipinski definition) is 16. The Morgan fingerprint density at radius 1 is 0.762 bits per heavy atom. The third-order valence-electron chi connectivity index (χ3n) is 7.72. The number of alkyl halides is 6. The van der Waals surface area contributed by atoms with Crippen LogP contribution in [0.25, 0.3) is 0 Å². The number of anilines is 1. The summed E-state index contributed by atoms with van der Waals surface area (Å²) in [5, 5.41) is 61.4. The van der Waals surface area contributed by atoms with Gasteiger partial charge in [0.2, 0.25) is 0 Å². The molecule has 0 bridgehead atoms. The van der Waals surface area contributed by atoms with E-state index in [4.69, 9.17) is 40.8 Å². The summed E-state index contributed by atoms with van der Waals surface area (Å²) in [5.41, 5.74) is -7.75. The molecule has 1 heterocycles. The maximum absolute atomic E-state index is 13.1. The molecule has 27 heteroatoms. The number of aliphatic hydroxyl groups excluding tert-OH is 2. The molecule has 0 saturated carbocycles. The van der Waals surface area contributed by atoms with E-state index in [2.05, 4.69) is 32.3 Å². The van der Waals surface area contributed by atoms with Crippen LogP contribution in [0.5, 0.6) is 0 Å². The Morgan fingerprint density at radius 2 is 1.13 bits per heavy atom. The minimum absolute atomic E-state index is 0.110. The number of halogens is 7. The van der Waals surface area contributed by atoms with E-state index in [1.54, 1.807) is 13.8 Å². The summed E-state index contributed by atoms with van der Waals surface area (Å²) in [7, 11) is 0. The van der Waals surface area contributed by atoms with Crippen LogP contribution < -0.4 is 10.2 Å². The molecule has 3 N–H and O–H groups in total. The first-order valence-electron chi connectivity index (χ1n) is 18.8. The maximum atomic E-state index is 13.1. The van der Waals surface area contributed by atoms with Crippen molar-refractivity contribution in [3.8, 4) is 0 Å². The number of ether oxygens (including phenoxy) is 4. The second-order valence-corrected chi connectivity index (χ2v) is 12.6. The third kappa shape index (κ3) is 20.5. The Labute approximate surface area is 363 Å². The summed E-state index contributed by atoms with van der Waals surface area (Å²) in [6.07, 6.45) is -9.24. The normalized spacial score (nSPS) is 13.4. The predicted octanol–water partition coefficient (Wildman–Crippen LogP) is 8.22. The monoisotopic (exact) mass is 942 g/mol. The molecule has 1 saturated heterocycles. The van der Waals surface area contributed by atoms with Crippen molar-refractivity contribution >= 4 is 40.0 Å².